The number of likely N-dealkylation sites (tertiary alicyclic amines) is 1. The Morgan fingerprint density at radius 2 is 1.81 bits per heavy atom. The Bertz CT molecular complexity index is 900. The highest BCUT2D eigenvalue weighted by Crippen LogP contribution is 2.30. The van der Waals surface area contributed by atoms with Gasteiger partial charge in [0.1, 0.15) is 5.54 Å². The maximum Gasteiger partial charge on any atom is 0.329 e. The second kappa shape index (κ2) is 6.75. The van der Waals surface area contributed by atoms with Gasteiger partial charge in [-0.15, -0.1) is 0 Å². The molecule has 0 saturated carbocycles. The summed E-state index contributed by atoms with van der Waals surface area (Å²) in [6.45, 7) is 9.60. The molecule has 144 valence electrons. The minimum absolute atomic E-state index is 0.116. The van der Waals surface area contributed by atoms with E-state index < -0.39 is 11.5 Å². The van der Waals surface area contributed by atoms with Crippen LogP contribution in [0.5, 0.6) is 0 Å². The van der Waals surface area contributed by atoms with Crippen molar-refractivity contribution in [1.29, 1.82) is 0 Å². The Hall–Kier alpha value is -2.77. The van der Waals surface area contributed by atoms with Crippen molar-refractivity contribution in [3.63, 3.8) is 0 Å². The predicted molar refractivity (Wildman–Crippen MR) is 98.8 cm³/mol. The summed E-state index contributed by atoms with van der Waals surface area (Å²) in [5, 5.41) is 14.1. The fourth-order valence-corrected chi connectivity index (χ4v) is 3.76. The maximum atomic E-state index is 12.9. The fraction of sp³-hybridized carbons (Fsp3) is 0.526. The van der Waals surface area contributed by atoms with Crippen molar-refractivity contribution < 1.29 is 14.7 Å². The van der Waals surface area contributed by atoms with Crippen LogP contribution >= 0.6 is 0 Å². The molecule has 1 N–H and O–H groups in total. The summed E-state index contributed by atoms with van der Waals surface area (Å²) in [4.78, 5) is 34.9. The topological polar surface area (TPSA) is 101 Å². The third kappa shape index (κ3) is 3.31. The Kier molecular flexibility index (Phi) is 4.75. The summed E-state index contributed by atoms with van der Waals surface area (Å²) < 4.78 is 1.65. The number of rotatable bonds is 4. The van der Waals surface area contributed by atoms with Gasteiger partial charge < -0.3 is 10.0 Å². The lowest BCUT2D eigenvalue weighted by Gasteiger charge is -2.31. The van der Waals surface area contributed by atoms with E-state index in [9.17, 15) is 14.7 Å². The molecule has 1 unspecified atom stereocenters. The SMILES string of the molecule is Cc1cc(C)nc(-n2nc(C)c(CC(=O)N3CCCC3(C)C(=O)O)c2C)n1. The quantitative estimate of drug-likeness (QED) is 0.881. The number of carboxylic acid groups (broad SMARTS) is 1. The standard InChI is InChI=1S/C19H25N5O3/c1-11-9-12(2)21-18(20-11)24-14(4)15(13(3)22-24)10-16(25)23-8-6-7-19(23,5)17(26)27/h9H,6-8,10H2,1-5H3,(H,26,27). The van der Waals surface area contributed by atoms with Crippen LogP contribution in [-0.2, 0) is 16.0 Å². The van der Waals surface area contributed by atoms with E-state index in [0.717, 1.165) is 28.3 Å². The molecule has 8 heteroatoms. The van der Waals surface area contributed by atoms with Crippen LogP contribution in [0.2, 0.25) is 0 Å². The van der Waals surface area contributed by atoms with Crippen LogP contribution in [0, 0.1) is 27.7 Å². The Labute approximate surface area is 158 Å². The molecule has 0 aliphatic carbocycles. The zero-order chi connectivity index (χ0) is 19.9. The second-order valence-corrected chi connectivity index (χ2v) is 7.42. The van der Waals surface area contributed by atoms with Gasteiger partial charge in [-0.3, -0.25) is 4.79 Å². The van der Waals surface area contributed by atoms with Gasteiger partial charge in [-0.2, -0.15) is 5.10 Å². The molecule has 2 aromatic heterocycles. The van der Waals surface area contributed by atoms with Gasteiger partial charge in [0.05, 0.1) is 12.1 Å². The summed E-state index contributed by atoms with van der Waals surface area (Å²) in [5.74, 6) is -0.672. The molecule has 0 radical (unpaired) electrons. The fourth-order valence-electron chi connectivity index (χ4n) is 3.76. The van der Waals surface area contributed by atoms with Gasteiger partial charge >= 0.3 is 5.97 Å². The Balaban J connectivity index is 1.91. The number of aliphatic carboxylic acids is 1. The number of nitrogens with zero attached hydrogens (tertiary/aromatic N) is 5. The first-order chi connectivity index (χ1) is 12.6. The molecule has 0 aromatic carbocycles. The Morgan fingerprint density at radius 3 is 2.41 bits per heavy atom. The van der Waals surface area contributed by atoms with Crippen LogP contribution in [0.25, 0.3) is 5.95 Å². The summed E-state index contributed by atoms with van der Waals surface area (Å²) in [5.41, 5.74) is 2.87. The molecule has 1 aliphatic heterocycles. The molecule has 8 nitrogen and oxygen atoms in total. The number of aromatic nitrogens is 4. The highest BCUT2D eigenvalue weighted by molar-refractivity contribution is 5.88. The van der Waals surface area contributed by atoms with E-state index in [1.165, 1.54) is 4.90 Å². The van der Waals surface area contributed by atoms with Gasteiger partial charge in [0, 0.05) is 29.2 Å². The molecule has 1 saturated heterocycles. The number of hydrogen-bond donors (Lipinski definition) is 1. The van der Waals surface area contributed by atoms with Crippen LogP contribution in [0.4, 0.5) is 0 Å². The first-order valence-corrected chi connectivity index (χ1v) is 9.05. The molecule has 0 spiro atoms. The van der Waals surface area contributed by atoms with Crippen LogP contribution < -0.4 is 0 Å². The van der Waals surface area contributed by atoms with Crippen molar-refractivity contribution in [2.75, 3.05) is 6.54 Å². The minimum Gasteiger partial charge on any atom is -0.480 e. The summed E-state index contributed by atoms with van der Waals surface area (Å²) in [6, 6.07) is 1.89. The van der Waals surface area contributed by atoms with Gasteiger partial charge in [-0.25, -0.2) is 19.4 Å². The van der Waals surface area contributed by atoms with E-state index in [2.05, 4.69) is 15.1 Å². The van der Waals surface area contributed by atoms with Crippen molar-refractivity contribution >= 4 is 11.9 Å². The van der Waals surface area contributed by atoms with Gasteiger partial charge in [0.2, 0.25) is 5.91 Å². The van der Waals surface area contributed by atoms with Crippen LogP contribution in [-0.4, -0.2) is 53.7 Å². The van der Waals surface area contributed by atoms with Gasteiger partial charge in [-0.05, 0) is 53.5 Å². The lowest BCUT2D eigenvalue weighted by Crippen LogP contribution is -2.51. The van der Waals surface area contributed by atoms with Crippen molar-refractivity contribution in [2.24, 2.45) is 0 Å². The zero-order valence-corrected chi connectivity index (χ0v) is 16.4. The first kappa shape index (κ1) is 19.0. The second-order valence-electron chi connectivity index (χ2n) is 7.42. The van der Waals surface area contributed by atoms with Gasteiger partial charge in [0.25, 0.3) is 5.95 Å². The molecule has 2 aromatic rings. The maximum absolute atomic E-state index is 12.9. The van der Waals surface area contributed by atoms with Crippen molar-refractivity contribution in [3.8, 4) is 5.95 Å². The molecule has 1 fully saturated rings. The monoisotopic (exact) mass is 371 g/mol. The van der Waals surface area contributed by atoms with Gasteiger partial charge in [0.15, 0.2) is 0 Å². The van der Waals surface area contributed by atoms with E-state index in [4.69, 9.17) is 0 Å². The average Bonchev–Trinajstić information content (AvgIpc) is 3.10. The summed E-state index contributed by atoms with van der Waals surface area (Å²) in [6.07, 6.45) is 1.29. The first-order valence-electron chi connectivity index (χ1n) is 9.05. The average molecular weight is 371 g/mol. The largest absolute Gasteiger partial charge is 0.480 e. The molecule has 0 bridgehead atoms. The highest BCUT2D eigenvalue weighted by Gasteiger charge is 2.45. The normalized spacial score (nSPS) is 19.5. The number of carbonyl (C=O) groups excluding carboxylic acids is 1. The number of carbonyl (C=O) groups is 2. The van der Waals surface area contributed by atoms with E-state index in [0.29, 0.717) is 25.3 Å². The summed E-state index contributed by atoms with van der Waals surface area (Å²) >= 11 is 0. The molecular formula is C19H25N5O3. The highest BCUT2D eigenvalue weighted by atomic mass is 16.4. The number of carboxylic acids is 1. The number of amides is 1. The third-order valence-electron chi connectivity index (χ3n) is 5.33. The van der Waals surface area contributed by atoms with Crippen LogP contribution in [0.1, 0.15) is 48.1 Å². The lowest BCUT2D eigenvalue weighted by atomic mass is 9.98. The zero-order valence-electron chi connectivity index (χ0n) is 16.4. The molecular weight excluding hydrogens is 346 g/mol. The van der Waals surface area contributed by atoms with Crippen molar-refractivity contribution in [2.45, 2.75) is 59.4 Å². The third-order valence-corrected chi connectivity index (χ3v) is 5.33. The molecule has 3 rings (SSSR count). The van der Waals surface area contributed by atoms with Gasteiger partial charge in [-0.1, -0.05) is 0 Å². The van der Waals surface area contributed by atoms with Crippen molar-refractivity contribution in [3.05, 3.63) is 34.4 Å². The Morgan fingerprint density at radius 1 is 1.19 bits per heavy atom. The van der Waals surface area contributed by atoms with E-state index in [-0.39, 0.29) is 12.3 Å². The van der Waals surface area contributed by atoms with Crippen LogP contribution in [0.3, 0.4) is 0 Å². The van der Waals surface area contributed by atoms with Crippen molar-refractivity contribution in [1.82, 2.24) is 24.6 Å². The lowest BCUT2D eigenvalue weighted by molar-refractivity contribution is -0.155. The number of hydrogen-bond acceptors (Lipinski definition) is 5. The van der Waals surface area contributed by atoms with Crippen LogP contribution in [0.15, 0.2) is 6.07 Å². The molecule has 1 amide bonds. The van der Waals surface area contributed by atoms with E-state index in [1.54, 1.807) is 11.6 Å². The van der Waals surface area contributed by atoms with E-state index in [1.807, 2.05) is 33.8 Å². The smallest absolute Gasteiger partial charge is 0.329 e. The summed E-state index contributed by atoms with van der Waals surface area (Å²) in [7, 11) is 0. The minimum atomic E-state index is -1.13. The molecule has 1 aliphatic rings. The predicted octanol–water partition coefficient (Wildman–Crippen LogP) is 1.90. The van der Waals surface area contributed by atoms with E-state index >= 15 is 0 Å². The molecule has 1 atom stereocenters. The number of aryl methyl sites for hydroxylation is 3. The molecule has 27 heavy (non-hydrogen) atoms. The molecule has 3 heterocycles.